The Morgan fingerprint density at radius 3 is 2.54 bits per heavy atom. The van der Waals surface area contributed by atoms with E-state index < -0.39 is 9.84 Å². The molecule has 1 saturated heterocycles. The van der Waals surface area contributed by atoms with Gasteiger partial charge in [-0.2, -0.15) is 0 Å². The van der Waals surface area contributed by atoms with E-state index in [0.29, 0.717) is 6.61 Å². The zero-order valence-corrected chi connectivity index (χ0v) is 8.77. The number of ether oxygens (including phenoxy) is 1. The summed E-state index contributed by atoms with van der Waals surface area (Å²) >= 11 is 0. The summed E-state index contributed by atoms with van der Waals surface area (Å²) in [6.07, 6.45) is 3.47. The number of piperidine rings is 1. The normalized spacial score (nSPS) is 20.4. The van der Waals surface area contributed by atoms with Crippen LogP contribution in [0.1, 0.15) is 12.8 Å². The van der Waals surface area contributed by atoms with Gasteiger partial charge >= 0.3 is 0 Å². The summed E-state index contributed by atoms with van der Waals surface area (Å²) in [6, 6.07) is 0. The van der Waals surface area contributed by atoms with E-state index in [-0.39, 0.29) is 11.9 Å². The monoisotopic (exact) mass is 207 g/mol. The molecule has 78 valence electrons. The van der Waals surface area contributed by atoms with Gasteiger partial charge in [-0.1, -0.05) is 0 Å². The van der Waals surface area contributed by atoms with Gasteiger partial charge < -0.3 is 10.1 Å². The van der Waals surface area contributed by atoms with Gasteiger partial charge in [0.15, 0.2) is 0 Å². The van der Waals surface area contributed by atoms with Crippen LogP contribution >= 0.6 is 0 Å². The highest BCUT2D eigenvalue weighted by molar-refractivity contribution is 7.90. The fourth-order valence-corrected chi connectivity index (χ4v) is 1.73. The van der Waals surface area contributed by atoms with Crippen LogP contribution in [0.25, 0.3) is 0 Å². The fraction of sp³-hybridized carbons (Fsp3) is 1.00. The minimum Gasteiger partial charge on any atom is -0.377 e. The second-order valence-corrected chi connectivity index (χ2v) is 5.71. The van der Waals surface area contributed by atoms with E-state index in [1.807, 2.05) is 0 Å². The van der Waals surface area contributed by atoms with Crippen LogP contribution in [0.3, 0.4) is 0 Å². The first-order valence-electron chi connectivity index (χ1n) is 4.58. The fourth-order valence-electron chi connectivity index (χ4n) is 1.33. The number of nitrogens with one attached hydrogen (secondary N) is 1. The highest BCUT2D eigenvalue weighted by Gasteiger charge is 2.13. The van der Waals surface area contributed by atoms with Gasteiger partial charge in [0.2, 0.25) is 0 Å². The molecule has 1 heterocycles. The van der Waals surface area contributed by atoms with Gasteiger partial charge in [0, 0.05) is 6.26 Å². The zero-order valence-electron chi connectivity index (χ0n) is 7.95. The summed E-state index contributed by atoms with van der Waals surface area (Å²) in [5.41, 5.74) is 0. The molecule has 1 N–H and O–H groups in total. The number of sulfone groups is 1. The molecular formula is C8H17NO3S. The molecule has 0 atom stereocenters. The van der Waals surface area contributed by atoms with Crippen LogP contribution in [-0.4, -0.2) is 46.2 Å². The molecule has 1 aliphatic heterocycles. The molecule has 0 aliphatic carbocycles. The Bertz CT molecular complexity index is 232. The second-order valence-electron chi connectivity index (χ2n) is 3.45. The standard InChI is InChI=1S/C8H17NO3S/c1-13(10,11)7-6-12-8-2-4-9-5-3-8/h8-9H,2-7H2,1H3. The predicted molar refractivity (Wildman–Crippen MR) is 51.6 cm³/mol. The van der Waals surface area contributed by atoms with Crippen molar-refractivity contribution in [2.75, 3.05) is 31.7 Å². The minimum atomic E-state index is -2.87. The molecule has 0 radical (unpaired) electrons. The molecule has 13 heavy (non-hydrogen) atoms. The smallest absolute Gasteiger partial charge is 0.149 e. The van der Waals surface area contributed by atoms with Crippen LogP contribution in [0.5, 0.6) is 0 Å². The van der Waals surface area contributed by atoms with Gasteiger partial charge in [0.1, 0.15) is 9.84 Å². The number of rotatable bonds is 4. The summed E-state index contributed by atoms with van der Waals surface area (Å²) in [5.74, 6) is 0.136. The molecule has 0 aromatic carbocycles. The van der Waals surface area contributed by atoms with E-state index in [0.717, 1.165) is 25.9 Å². The predicted octanol–water partition coefficient (Wildman–Crippen LogP) is -0.200. The molecule has 0 bridgehead atoms. The van der Waals surface area contributed by atoms with Crippen molar-refractivity contribution in [3.8, 4) is 0 Å². The van der Waals surface area contributed by atoms with Crippen molar-refractivity contribution < 1.29 is 13.2 Å². The quantitative estimate of drug-likeness (QED) is 0.693. The van der Waals surface area contributed by atoms with Crippen molar-refractivity contribution in [1.82, 2.24) is 5.32 Å². The maximum atomic E-state index is 10.8. The van der Waals surface area contributed by atoms with Crippen molar-refractivity contribution in [3.63, 3.8) is 0 Å². The highest BCUT2D eigenvalue weighted by atomic mass is 32.2. The lowest BCUT2D eigenvalue weighted by molar-refractivity contribution is 0.0427. The molecule has 0 saturated carbocycles. The Balaban J connectivity index is 2.11. The van der Waals surface area contributed by atoms with Crippen molar-refractivity contribution in [2.45, 2.75) is 18.9 Å². The third-order valence-electron chi connectivity index (χ3n) is 2.09. The summed E-state index contributed by atoms with van der Waals surface area (Å²) in [6.45, 7) is 2.29. The lowest BCUT2D eigenvalue weighted by Crippen LogP contribution is -2.33. The van der Waals surface area contributed by atoms with Gasteiger partial charge in [-0.25, -0.2) is 8.42 Å². The first-order chi connectivity index (χ1) is 6.08. The Hall–Kier alpha value is -0.130. The molecule has 1 rings (SSSR count). The Kier molecular flexibility index (Phi) is 4.15. The van der Waals surface area contributed by atoms with Crippen molar-refractivity contribution >= 4 is 9.84 Å². The largest absolute Gasteiger partial charge is 0.377 e. The summed E-state index contributed by atoms with van der Waals surface area (Å²) in [4.78, 5) is 0. The Labute approximate surface area is 79.6 Å². The van der Waals surface area contributed by atoms with Gasteiger partial charge in [0.25, 0.3) is 0 Å². The van der Waals surface area contributed by atoms with Crippen LogP contribution in [-0.2, 0) is 14.6 Å². The lowest BCUT2D eigenvalue weighted by atomic mass is 10.1. The van der Waals surface area contributed by atoms with E-state index in [1.54, 1.807) is 0 Å². The van der Waals surface area contributed by atoms with E-state index >= 15 is 0 Å². The summed E-state index contributed by atoms with van der Waals surface area (Å²) < 4.78 is 27.0. The average Bonchev–Trinajstić information content (AvgIpc) is 2.04. The highest BCUT2D eigenvalue weighted by Crippen LogP contribution is 2.06. The topological polar surface area (TPSA) is 55.4 Å². The molecule has 0 unspecified atom stereocenters. The Morgan fingerprint density at radius 1 is 1.38 bits per heavy atom. The van der Waals surface area contributed by atoms with Gasteiger partial charge in [-0.15, -0.1) is 0 Å². The van der Waals surface area contributed by atoms with Crippen LogP contribution in [0, 0.1) is 0 Å². The van der Waals surface area contributed by atoms with Crippen molar-refractivity contribution in [2.24, 2.45) is 0 Å². The van der Waals surface area contributed by atoms with Crippen LogP contribution in [0.2, 0.25) is 0 Å². The maximum absolute atomic E-state index is 10.8. The second kappa shape index (κ2) is 4.93. The lowest BCUT2D eigenvalue weighted by Gasteiger charge is -2.22. The molecule has 0 aromatic rings. The molecule has 1 fully saturated rings. The molecular weight excluding hydrogens is 190 g/mol. The molecule has 0 aromatic heterocycles. The van der Waals surface area contributed by atoms with Crippen LogP contribution in [0.15, 0.2) is 0 Å². The molecule has 0 amide bonds. The summed E-state index contributed by atoms with van der Waals surface area (Å²) in [7, 11) is -2.87. The van der Waals surface area contributed by atoms with Crippen LogP contribution < -0.4 is 5.32 Å². The third kappa shape index (κ3) is 5.23. The van der Waals surface area contributed by atoms with Gasteiger partial charge in [0.05, 0.1) is 18.5 Å². The van der Waals surface area contributed by atoms with Gasteiger partial charge in [-0.3, -0.25) is 0 Å². The summed E-state index contributed by atoms with van der Waals surface area (Å²) in [5, 5.41) is 3.22. The Morgan fingerprint density at radius 2 is 2.00 bits per heavy atom. The molecule has 4 nitrogen and oxygen atoms in total. The first kappa shape index (κ1) is 10.9. The molecule has 0 spiro atoms. The van der Waals surface area contributed by atoms with E-state index in [1.165, 1.54) is 6.26 Å². The molecule has 1 aliphatic rings. The van der Waals surface area contributed by atoms with Crippen molar-refractivity contribution in [1.29, 1.82) is 0 Å². The van der Waals surface area contributed by atoms with E-state index in [9.17, 15) is 8.42 Å². The zero-order chi connectivity index (χ0) is 9.73. The van der Waals surface area contributed by atoms with Crippen molar-refractivity contribution in [3.05, 3.63) is 0 Å². The SMILES string of the molecule is CS(=O)(=O)CCOC1CCNCC1. The van der Waals surface area contributed by atoms with E-state index in [4.69, 9.17) is 4.74 Å². The van der Waals surface area contributed by atoms with E-state index in [2.05, 4.69) is 5.32 Å². The number of hydrogen-bond acceptors (Lipinski definition) is 4. The maximum Gasteiger partial charge on any atom is 0.149 e. The van der Waals surface area contributed by atoms with Crippen LogP contribution in [0.4, 0.5) is 0 Å². The van der Waals surface area contributed by atoms with Gasteiger partial charge in [-0.05, 0) is 25.9 Å². The molecule has 5 heteroatoms. The first-order valence-corrected chi connectivity index (χ1v) is 6.64. The average molecular weight is 207 g/mol. The third-order valence-corrected chi connectivity index (χ3v) is 3.00. The minimum absolute atomic E-state index is 0.136. The number of hydrogen-bond donors (Lipinski definition) is 1.